The first-order valence-electron chi connectivity index (χ1n) is 7.70. The Morgan fingerprint density at radius 2 is 1.96 bits per heavy atom. The number of hydrogen-bond donors (Lipinski definition) is 1. The van der Waals surface area contributed by atoms with Crippen molar-refractivity contribution in [2.24, 2.45) is 0 Å². The Bertz CT molecular complexity index is 698. The van der Waals surface area contributed by atoms with Gasteiger partial charge in [-0.3, -0.25) is 4.79 Å². The fraction of sp³-hybridized carbons (Fsp3) is 0.316. The van der Waals surface area contributed by atoms with Crippen molar-refractivity contribution in [1.82, 2.24) is 0 Å². The number of rotatable bonds is 5. The first-order valence-corrected chi connectivity index (χ1v) is 8.92. The number of ether oxygens (including phenoxy) is 1. The average Bonchev–Trinajstić information content (AvgIpc) is 2.54. The molecule has 0 spiro atoms. The van der Waals surface area contributed by atoms with Crippen LogP contribution in [0.15, 0.2) is 36.4 Å². The monoisotopic (exact) mass is 329 g/mol. The molecule has 4 heteroatoms. The number of carbonyl (C=O) groups excluding carboxylic acids is 1. The molecule has 0 aromatic heterocycles. The lowest BCUT2D eigenvalue weighted by Crippen LogP contribution is -2.08. The second-order valence-electron chi connectivity index (χ2n) is 5.52. The third-order valence-corrected chi connectivity index (χ3v) is 4.19. The smallest absolute Gasteiger partial charge is 0.283 e. The molecule has 0 aliphatic heterocycles. The van der Waals surface area contributed by atoms with Crippen LogP contribution < -0.4 is 10.1 Å². The molecule has 0 aliphatic rings. The molecule has 2 aromatic rings. The molecule has 0 bridgehead atoms. The molecule has 0 fully saturated rings. The maximum Gasteiger partial charge on any atom is 0.283 e. The van der Waals surface area contributed by atoms with Gasteiger partial charge in [0.2, 0.25) is 0 Å². The Kier molecular flexibility index (Phi) is 6.11. The van der Waals surface area contributed by atoms with E-state index in [4.69, 9.17) is 4.74 Å². The Morgan fingerprint density at radius 3 is 2.61 bits per heavy atom. The van der Waals surface area contributed by atoms with Gasteiger partial charge in [-0.1, -0.05) is 43.0 Å². The molecule has 122 valence electrons. The van der Waals surface area contributed by atoms with E-state index in [9.17, 15) is 4.79 Å². The van der Waals surface area contributed by atoms with Gasteiger partial charge in [0.1, 0.15) is 12.4 Å². The fourth-order valence-electron chi connectivity index (χ4n) is 2.34. The molecule has 23 heavy (non-hydrogen) atoms. The molecule has 0 atom stereocenters. The molecule has 0 unspecified atom stereocenters. The summed E-state index contributed by atoms with van der Waals surface area (Å²) in [6, 6.07) is 12.3. The molecule has 0 radical (unpaired) electrons. The van der Waals surface area contributed by atoms with Gasteiger partial charge in [0, 0.05) is 11.3 Å². The van der Waals surface area contributed by atoms with Crippen molar-refractivity contribution in [2.75, 3.05) is 11.6 Å². The van der Waals surface area contributed by atoms with Crippen LogP contribution in [0.4, 0.5) is 10.5 Å². The maximum atomic E-state index is 11.7. The summed E-state index contributed by atoms with van der Waals surface area (Å²) < 4.78 is 5.96. The number of amides is 1. The first kappa shape index (κ1) is 17.4. The van der Waals surface area contributed by atoms with E-state index in [1.165, 1.54) is 5.56 Å². The van der Waals surface area contributed by atoms with Gasteiger partial charge in [-0.15, -0.1) is 0 Å². The van der Waals surface area contributed by atoms with Gasteiger partial charge in [0.15, 0.2) is 0 Å². The quantitative estimate of drug-likeness (QED) is 0.804. The summed E-state index contributed by atoms with van der Waals surface area (Å²) in [7, 11) is 0. The molecular weight excluding hydrogens is 306 g/mol. The van der Waals surface area contributed by atoms with Crippen LogP contribution in [0.3, 0.4) is 0 Å². The van der Waals surface area contributed by atoms with E-state index >= 15 is 0 Å². The van der Waals surface area contributed by atoms with E-state index in [1.807, 2.05) is 31.2 Å². The van der Waals surface area contributed by atoms with Crippen LogP contribution in [-0.4, -0.2) is 11.5 Å². The van der Waals surface area contributed by atoms with E-state index < -0.39 is 0 Å². The molecule has 2 rings (SSSR count). The second kappa shape index (κ2) is 8.06. The number of carbonyl (C=O) groups is 1. The molecule has 0 aliphatic carbocycles. The Balaban J connectivity index is 2.15. The lowest BCUT2D eigenvalue weighted by Gasteiger charge is -2.14. The minimum Gasteiger partial charge on any atom is -0.489 e. The van der Waals surface area contributed by atoms with Crippen LogP contribution in [0.25, 0.3) is 0 Å². The maximum absolute atomic E-state index is 11.7. The van der Waals surface area contributed by atoms with Gasteiger partial charge in [0.05, 0.1) is 0 Å². The number of nitrogens with one attached hydrogen (secondary N) is 1. The number of aryl methyl sites for hydroxylation is 3. The number of hydrogen-bond acceptors (Lipinski definition) is 3. The van der Waals surface area contributed by atoms with E-state index in [-0.39, 0.29) is 5.24 Å². The van der Waals surface area contributed by atoms with Crippen LogP contribution in [0, 0.1) is 13.8 Å². The van der Waals surface area contributed by atoms with Crippen LogP contribution >= 0.6 is 11.8 Å². The topological polar surface area (TPSA) is 38.3 Å². The molecule has 0 saturated carbocycles. The summed E-state index contributed by atoms with van der Waals surface area (Å²) in [5, 5.41) is 2.85. The minimum absolute atomic E-state index is 0.0691. The molecular formula is C19H23NO2S. The first-order chi connectivity index (χ1) is 11.0. The largest absolute Gasteiger partial charge is 0.489 e. The molecule has 3 nitrogen and oxygen atoms in total. The summed E-state index contributed by atoms with van der Waals surface area (Å²) in [6.45, 7) is 6.63. The van der Waals surface area contributed by atoms with Crippen molar-refractivity contribution in [3.8, 4) is 5.75 Å². The van der Waals surface area contributed by atoms with Crippen molar-refractivity contribution < 1.29 is 9.53 Å². The Labute approximate surface area is 142 Å². The predicted molar refractivity (Wildman–Crippen MR) is 98.6 cm³/mol. The fourth-order valence-corrected chi connectivity index (χ4v) is 2.55. The van der Waals surface area contributed by atoms with Crippen LogP contribution in [0.1, 0.15) is 29.2 Å². The normalized spacial score (nSPS) is 10.4. The van der Waals surface area contributed by atoms with Crippen molar-refractivity contribution in [1.29, 1.82) is 0 Å². The van der Waals surface area contributed by atoms with Gasteiger partial charge in [-0.2, -0.15) is 0 Å². The zero-order valence-electron chi connectivity index (χ0n) is 14.1. The standard InChI is InChI=1S/C19H23NO2S/c1-5-15-7-9-18(14(3)11-15)22-12-16-8-6-13(2)10-17(16)20-19(21)23-4/h6-11H,5,12H2,1-4H3,(H,20,21). The van der Waals surface area contributed by atoms with Crippen molar-refractivity contribution in [2.45, 2.75) is 33.8 Å². The molecule has 1 amide bonds. The molecule has 1 N–H and O–H groups in total. The van der Waals surface area contributed by atoms with E-state index in [0.29, 0.717) is 6.61 Å². The van der Waals surface area contributed by atoms with Gasteiger partial charge >= 0.3 is 0 Å². The highest BCUT2D eigenvalue weighted by atomic mass is 32.2. The summed E-state index contributed by atoms with van der Waals surface area (Å²) >= 11 is 1.16. The molecule has 0 saturated heterocycles. The van der Waals surface area contributed by atoms with E-state index in [1.54, 1.807) is 6.26 Å². The van der Waals surface area contributed by atoms with Gasteiger partial charge in [-0.25, -0.2) is 0 Å². The zero-order valence-corrected chi connectivity index (χ0v) is 14.9. The summed E-state index contributed by atoms with van der Waals surface area (Å²) in [4.78, 5) is 11.7. The van der Waals surface area contributed by atoms with Crippen molar-refractivity contribution in [3.63, 3.8) is 0 Å². The summed E-state index contributed by atoms with van der Waals surface area (Å²) in [5.74, 6) is 0.880. The average molecular weight is 329 g/mol. The van der Waals surface area contributed by atoms with Crippen molar-refractivity contribution >= 4 is 22.7 Å². The highest BCUT2D eigenvalue weighted by Crippen LogP contribution is 2.24. The molecule has 0 heterocycles. The SMILES string of the molecule is CCc1ccc(OCc2ccc(C)cc2NC(=O)SC)c(C)c1. The lowest BCUT2D eigenvalue weighted by molar-refractivity contribution is 0.269. The lowest BCUT2D eigenvalue weighted by atomic mass is 10.1. The van der Waals surface area contributed by atoms with Crippen molar-refractivity contribution in [3.05, 3.63) is 58.7 Å². The van der Waals surface area contributed by atoms with Crippen LogP contribution in [0.5, 0.6) is 5.75 Å². The van der Waals surface area contributed by atoms with E-state index in [0.717, 1.165) is 46.3 Å². The predicted octanol–water partition coefficient (Wildman–Crippen LogP) is 5.34. The summed E-state index contributed by atoms with van der Waals surface area (Å²) in [6.07, 6.45) is 2.78. The highest BCUT2D eigenvalue weighted by Gasteiger charge is 2.08. The van der Waals surface area contributed by atoms with Crippen LogP contribution in [-0.2, 0) is 13.0 Å². The van der Waals surface area contributed by atoms with Gasteiger partial charge in [0.25, 0.3) is 5.24 Å². The van der Waals surface area contributed by atoms with E-state index in [2.05, 4.69) is 31.3 Å². The number of benzene rings is 2. The van der Waals surface area contributed by atoms with Crippen LogP contribution in [0.2, 0.25) is 0 Å². The third kappa shape index (κ3) is 4.76. The second-order valence-corrected chi connectivity index (χ2v) is 6.30. The third-order valence-electron chi connectivity index (χ3n) is 3.72. The van der Waals surface area contributed by atoms with Gasteiger partial charge < -0.3 is 10.1 Å². The Morgan fingerprint density at radius 1 is 1.17 bits per heavy atom. The number of anilines is 1. The summed E-state index contributed by atoms with van der Waals surface area (Å²) in [5.41, 5.74) is 5.32. The molecule has 2 aromatic carbocycles. The minimum atomic E-state index is -0.0691. The van der Waals surface area contributed by atoms with Gasteiger partial charge in [-0.05, 0) is 55.3 Å². The zero-order chi connectivity index (χ0) is 16.8. The highest BCUT2D eigenvalue weighted by molar-refractivity contribution is 8.13. The number of thioether (sulfide) groups is 1. The Hall–Kier alpha value is -1.94.